The lowest BCUT2D eigenvalue weighted by molar-refractivity contribution is 0.171. The minimum atomic E-state index is -0.283. The molecule has 0 heterocycles. The lowest BCUT2D eigenvalue weighted by Crippen LogP contribution is -2.31. The van der Waals surface area contributed by atoms with Crippen molar-refractivity contribution in [1.29, 1.82) is 0 Å². The number of rotatable bonds is 6. The normalized spacial score (nSPS) is 12.5. The van der Waals surface area contributed by atoms with E-state index >= 15 is 0 Å². The van der Waals surface area contributed by atoms with Crippen molar-refractivity contribution in [3.63, 3.8) is 0 Å². The molecule has 0 fully saturated rings. The Morgan fingerprint density at radius 2 is 2.00 bits per heavy atom. The van der Waals surface area contributed by atoms with E-state index < -0.39 is 0 Å². The number of aryl methyl sites for hydroxylation is 2. The maximum Gasteiger partial charge on any atom is 0.0727 e. The molecule has 96 valence electrons. The standard InChI is InChI=1S/C14H24N2O/c1-11-5-6-13(9-12(11)2)16(4)10-14(17)7-8-15-3/h5-6,9,14-15,17H,7-8,10H2,1-4H3. The molecule has 0 aliphatic rings. The highest BCUT2D eigenvalue weighted by Gasteiger charge is 2.08. The molecule has 3 nitrogen and oxygen atoms in total. The molecule has 1 atom stereocenters. The number of likely N-dealkylation sites (N-methyl/N-ethyl adjacent to an activating group) is 1. The minimum absolute atomic E-state index is 0.283. The van der Waals surface area contributed by atoms with Crippen molar-refractivity contribution < 1.29 is 5.11 Å². The van der Waals surface area contributed by atoms with Gasteiger partial charge in [-0.25, -0.2) is 0 Å². The van der Waals surface area contributed by atoms with Gasteiger partial charge >= 0.3 is 0 Å². The first-order valence-electron chi connectivity index (χ1n) is 6.15. The Hall–Kier alpha value is -1.06. The van der Waals surface area contributed by atoms with Crippen LogP contribution in [0, 0.1) is 13.8 Å². The highest BCUT2D eigenvalue weighted by Crippen LogP contribution is 2.17. The lowest BCUT2D eigenvalue weighted by atomic mass is 10.1. The molecule has 1 aromatic rings. The van der Waals surface area contributed by atoms with E-state index in [1.807, 2.05) is 14.1 Å². The van der Waals surface area contributed by atoms with Gasteiger partial charge in [0.25, 0.3) is 0 Å². The van der Waals surface area contributed by atoms with Crippen LogP contribution in [0.4, 0.5) is 5.69 Å². The van der Waals surface area contributed by atoms with E-state index in [0.29, 0.717) is 6.54 Å². The predicted molar refractivity (Wildman–Crippen MR) is 73.7 cm³/mol. The summed E-state index contributed by atoms with van der Waals surface area (Å²) in [6.45, 7) is 5.75. The van der Waals surface area contributed by atoms with Crippen molar-refractivity contribution in [2.75, 3.05) is 32.1 Å². The van der Waals surface area contributed by atoms with E-state index in [2.05, 4.69) is 42.3 Å². The van der Waals surface area contributed by atoms with Crippen molar-refractivity contribution in [3.8, 4) is 0 Å². The number of aliphatic hydroxyl groups is 1. The van der Waals surface area contributed by atoms with E-state index in [9.17, 15) is 5.11 Å². The van der Waals surface area contributed by atoms with E-state index in [-0.39, 0.29) is 6.10 Å². The van der Waals surface area contributed by atoms with Crippen LogP contribution in [0.2, 0.25) is 0 Å². The van der Waals surface area contributed by atoms with Crippen LogP contribution < -0.4 is 10.2 Å². The Bertz CT molecular complexity index is 352. The molecule has 0 aliphatic heterocycles. The first-order chi connectivity index (χ1) is 8.04. The van der Waals surface area contributed by atoms with Crippen LogP contribution in [0.3, 0.4) is 0 Å². The summed E-state index contributed by atoms with van der Waals surface area (Å²) in [5.41, 5.74) is 3.76. The molecular weight excluding hydrogens is 212 g/mol. The van der Waals surface area contributed by atoms with E-state index in [1.165, 1.54) is 11.1 Å². The third-order valence-electron chi connectivity index (χ3n) is 3.14. The molecule has 0 radical (unpaired) electrons. The van der Waals surface area contributed by atoms with Gasteiger partial charge in [-0.2, -0.15) is 0 Å². The van der Waals surface area contributed by atoms with Crippen molar-refractivity contribution in [2.24, 2.45) is 0 Å². The van der Waals surface area contributed by atoms with Crippen LogP contribution in [-0.4, -0.2) is 38.4 Å². The first kappa shape index (κ1) is 14.0. The van der Waals surface area contributed by atoms with Gasteiger partial charge in [-0.1, -0.05) is 6.07 Å². The number of hydrogen-bond acceptors (Lipinski definition) is 3. The molecule has 17 heavy (non-hydrogen) atoms. The third-order valence-corrected chi connectivity index (χ3v) is 3.14. The van der Waals surface area contributed by atoms with Crippen molar-refractivity contribution >= 4 is 5.69 Å². The molecule has 1 unspecified atom stereocenters. The number of hydrogen-bond donors (Lipinski definition) is 2. The Morgan fingerprint density at radius 3 is 2.59 bits per heavy atom. The van der Waals surface area contributed by atoms with Crippen molar-refractivity contribution in [2.45, 2.75) is 26.4 Å². The van der Waals surface area contributed by atoms with Crippen molar-refractivity contribution in [1.82, 2.24) is 5.32 Å². The largest absolute Gasteiger partial charge is 0.391 e. The number of anilines is 1. The second-order valence-electron chi connectivity index (χ2n) is 4.70. The fraction of sp³-hybridized carbons (Fsp3) is 0.571. The van der Waals surface area contributed by atoms with Gasteiger partial charge in [-0.15, -0.1) is 0 Å². The quantitative estimate of drug-likeness (QED) is 0.789. The fourth-order valence-electron chi connectivity index (χ4n) is 1.79. The molecule has 1 aromatic carbocycles. The molecule has 0 spiro atoms. The molecular formula is C14H24N2O. The molecule has 0 amide bonds. The van der Waals surface area contributed by atoms with Gasteiger partial charge in [-0.05, 0) is 57.1 Å². The van der Waals surface area contributed by atoms with Gasteiger partial charge in [0.05, 0.1) is 6.10 Å². The fourth-order valence-corrected chi connectivity index (χ4v) is 1.79. The van der Waals surface area contributed by atoms with Gasteiger partial charge in [0.1, 0.15) is 0 Å². The molecule has 2 N–H and O–H groups in total. The van der Waals surface area contributed by atoms with Crippen LogP contribution in [-0.2, 0) is 0 Å². The SMILES string of the molecule is CNCCC(O)CN(C)c1ccc(C)c(C)c1. The summed E-state index contributed by atoms with van der Waals surface area (Å²) in [5.74, 6) is 0. The first-order valence-corrected chi connectivity index (χ1v) is 6.15. The van der Waals surface area contributed by atoms with E-state index in [1.54, 1.807) is 0 Å². The minimum Gasteiger partial charge on any atom is -0.391 e. The topological polar surface area (TPSA) is 35.5 Å². The van der Waals surface area contributed by atoms with E-state index in [4.69, 9.17) is 0 Å². The lowest BCUT2D eigenvalue weighted by Gasteiger charge is -2.23. The summed E-state index contributed by atoms with van der Waals surface area (Å²) in [7, 11) is 3.92. The second kappa shape index (κ2) is 6.62. The second-order valence-corrected chi connectivity index (χ2v) is 4.70. The maximum atomic E-state index is 9.85. The number of nitrogens with zero attached hydrogens (tertiary/aromatic N) is 1. The molecule has 1 rings (SSSR count). The molecule has 0 saturated carbocycles. The summed E-state index contributed by atoms with van der Waals surface area (Å²) < 4.78 is 0. The summed E-state index contributed by atoms with van der Waals surface area (Å²) >= 11 is 0. The highest BCUT2D eigenvalue weighted by atomic mass is 16.3. The Balaban J connectivity index is 2.57. The highest BCUT2D eigenvalue weighted by molar-refractivity contribution is 5.50. The zero-order chi connectivity index (χ0) is 12.8. The van der Waals surface area contributed by atoms with Crippen LogP contribution >= 0.6 is 0 Å². The van der Waals surface area contributed by atoms with Gasteiger partial charge in [0.15, 0.2) is 0 Å². The van der Waals surface area contributed by atoms with Gasteiger partial charge < -0.3 is 15.3 Å². The number of nitrogens with one attached hydrogen (secondary N) is 1. The van der Waals surface area contributed by atoms with E-state index in [0.717, 1.165) is 18.7 Å². The average Bonchev–Trinajstić information content (AvgIpc) is 2.30. The average molecular weight is 236 g/mol. The van der Waals surface area contributed by atoms with Crippen molar-refractivity contribution in [3.05, 3.63) is 29.3 Å². The smallest absolute Gasteiger partial charge is 0.0727 e. The summed E-state index contributed by atoms with van der Waals surface area (Å²) in [6, 6.07) is 6.40. The number of aliphatic hydroxyl groups excluding tert-OH is 1. The Morgan fingerprint density at radius 1 is 1.29 bits per heavy atom. The Kier molecular flexibility index (Phi) is 5.45. The molecule has 0 bridgehead atoms. The zero-order valence-electron chi connectivity index (χ0n) is 11.3. The summed E-state index contributed by atoms with van der Waals surface area (Å²) in [6.07, 6.45) is 0.500. The van der Waals surface area contributed by atoms with Crippen LogP contribution in [0.5, 0.6) is 0 Å². The summed E-state index contributed by atoms with van der Waals surface area (Å²) in [5, 5.41) is 12.9. The summed E-state index contributed by atoms with van der Waals surface area (Å²) in [4.78, 5) is 2.10. The monoisotopic (exact) mass is 236 g/mol. The van der Waals surface area contributed by atoms with Crippen LogP contribution in [0.15, 0.2) is 18.2 Å². The van der Waals surface area contributed by atoms with Gasteiger partial charge in [-0.3, -0.25) is 0 Å². The number of benzene rings is 1. The molecule has 3 heteroatoms. The molecule has 0 saturated heterocycles. The third kappa shape index (κ3) is 4.36. The maximum absolute atomic E-state index is 9.85. The Labute approximate surface area is 104 Å². The molecule has 0 aliphatic carbocycles. The van der Waals surface area contributed by atoms with Gasteiger partial charge in [0, 0.05) is 19.3 Å². The predicted octanol–water partition coefficient (Wildman–Crippen LogP) is 1.71. The zero-order valence-corrected chi connectivity index (χ0v) is 11.3. The van der Waals surface area contributed by atoms with Crippen LogP contribution in [0.1, 0.15) is 17.5 Å². The molecule has 0 aromatic heterocycles. The van der Waals surface area contributed by atoms with Crippen LogP contribution in [0.25, 0.3) is 0 Å². The van der Waals surface area contributed by atoms with Gasteiger partial charge in [0.2, 0.25) is 0 Å².